The van der Waals surface area contributed by atoms with Gasteiger partial charge in [0.15, 0.2) is 0 Å². The van der Waals surface area contributed by atoms with Crippen molar-refractivity contribution in [2.75, 3.05) is 20.3 Å². The van der Waals surface area contributed by atoms with Crippen LogP contribution in [0.2, 0.25) is 0 Å². The average Bonchev–Trinajstić information content (AvgIpc) is 2.23. The topological polar surface area (TPSA) is 78.9 Å². The lowest BCUT2D eigenvalue weighted by molar-refractivity contribution is -0.156. The first kappa shape index (κ1) is 14.2. The molecule has 0 spiro atoms. The summed E-state index contributed by atoms with van der Waals surface area (Å²) >= 11 is 0. The summed E-state index contributed by atoms with van der Waals surface area (Å²) in [6.07, 6.45) is -0.453. The molecule has 0 atom stereocenters. The van der Waals surface area contributed by atoms with Crippen molar-refractivity contribution in [3.05, 3.63) is 12.2 Å². The van der Waals surface area contributed by atoms with Gasteiger partial charge in [-0.3, -0.25) is 9.59 Å². The van der Waals surface area contributed by atoms with Crippen molar-refractivity contribution in [2.45, 2.75) is 13.3 Å². The number of ether oxygens (including phenoxy) is 3. The maximum atomic E-state index is 10.9. The molecule has 0 saturated carbocycles. The first-order chi connectivity index (χ1) is 7.47. The smallest absolute Gasteiger partial charge is 0.333 e. The van der Waals surface area contributed by atoms with E-state index in [1.54, 1.807) is 0 Å². The summed E-state index contributed by atoms with van der Waals surface area (Å²) in [5, 5.41) is 0. The molecule has 6 nitrogen and oxygen atoms in total. The molecule has 0 rings (SSSR count). The van der Waals surface area contributed by atoms with Gasteiger partial charge in [-0.2, -0.15) is 0 Å². The zero-order valence-electron chi connectivity index (χ0n) is 9.28. The van der Waals surface area contributed by atoms with Crippen molar-refractivity contribution < 1.29 is 28.6 Å². The van der Waals surface area contributed by atoms with E-state index in [4.69, 9.17) is 0 Å². The normalized spacial score (nSPS) is 9.12. The van der Waals surface area contributed by atoms with Crippen LogP contribution in [0.4, 0.5) is 0 Å². The van der Waals surface area contributed by atoms with Gasteiger partial charge in [0.05, 0.1) is 7.11 Å². The SMILES string of the molecule is C=C(C)C(=O)OCCOC(=O)CC(=O)OC. The Labute approximate surface area is 93.2 Å². The second-order valence-corrected chi connectivity index (χ2v) is 2.89. The lowest BCUT2D eigenvalue weighted by atomic mass is 10.4. The average molecular weight is 230 g/mol. The van der Waals surface area contributed by atoms with Crippen LogP contribution in [-0.4, -0.2) is 38.2 Å². The van der Waals surface area contributed by atoms with Crippen molar-refractivity contribution >= 4 is 17.9 Å². The molecular formula is C10H14O6. The molecule has 6 heteroatoms. The Morgan fingerprint density at radius 1 is 1.06 bits per heavy atom. The number of hydrogen-bond acceptors (Lipinski definition) is 6. The van der Waals surface area contributed by atoms with Crippen LogP contribution in [0.5, 0.6) is 0 Å². The van der Waals surface area contributed by atoms with E-state index in [1.807, 2.05) is 0 Å². The molecule has 0 aliphatic carbocycles. The highest BCUT2D eigenvalue weighted by atomic mass is 16.6. The molecule has 0 saturated heterocycles. The van der Waals surface area contributed by atoms with Gasteiger partial charge in [0.2, 0.25) is 0 Å². The molecule has 0 amide bonds. The van der Waals surface area contributed by atoms with Crippen LogP contribution in [0.15, 0.2) is 12.2 Å². The summed E-state index contributed by atoms with van der Waals surface area (Å²) < 4.78 is 13.5. The van der Waals surface area contributed by atoms with Crippen LogP contribution in [-0.2, 0) is 28.6 Å². The fourth-order valence-electron chi connectivity index (χ4n) is 0.654. The monoisotopic (exact) mass is 230 g/mol. The van der Waals surface area contributed by atoms with Crippen molar-refractivity contribution in [3.8, 4) is 0 Å². The molecule has 0 aromatic rings. The van der Waals surface area contributed by atoms with E-state index in [0.29, 0.717) is 0 Å². The van der Waals surface area contributed by atoms with E-state index in [0.717, 1.165) is 0 Å². The predicted molar refractivity (Wildman–Crippen MR) is 53.4 cm³/mol. The second-order valence-electron chi connectivity index (χ2n) is 2.89. The summed E-state index contributed by atoms with van der Waals surface area (Å²) in [4.78, 5) is 32.4. The van der Waals surface area contributed by atoms with Crippen LogP contribution >= 0.6 is 0 Å². The first-order valence-corrected chi connectivity index (χ1v) is 4.52. The van der Waals surface area contributed by atoms with Crippen molar-refractivity contribution in [2.24, 2.45) is 0 Å². The van der Waals surface area contributed by atoms with Crippen molar-refractivity contribution in [3.63, 3.8) is 0 Å². The van der Waals surface area contributed by atoms with Crippen molar-refractivity contribution in [1.29, 1.82) is 0 Å². The van der Waals surface area contributed by atoms with Gasteiger partial charge in [-0.15, -0.1) is 0 Å². The van der Waals surface area contributed by atoms with Crippen molar-refractivity contribution in [1.82, 2.24) is 0 Å². The van der Waals surface area contributed by atoms with Gasteiger partial charge in [-0.25, -0.2) is 4.79 Å². The summed E-state index contributed by atoms with van der Waals surface area (Å²) in [5.74, 6) is -1.95. The molecule has 0 radical (unpaired) electrons. The number of methoxy groups -OCH3 is 1. The molecule has 0 N–H and O–H groups in total. The second kappa shape index (κ2) is 7.44. The molecule has 90 valence electrons. The van der Waals surface area contributed by atoms with Crippen LogP contribution in [0, 0.1) is 0 Å². The summed E-state index contributed by atoms with van der Waals surface area (Å²) in [6, 6.07) is 0. The molecule has 0 aromatic carbocycles. The Hall–Kier alpha value is -1.85. The number of esters is 3. The van der Waals surface area contributed by atoms with Gasteiger partial charge in [0.25, 0.3) is 0 Å². The maximum absolute atomic E-state index is 10.9. The molecule has 0 bridgehead atoms. The van der Waals surface area contributed by atoms with Crippen LogP contribution in [0.25, 0.3) is 0 Å². The van der Waals surface area contributed by atoms with E-state index in [1.165, 1.54) is 14.0 Å². The fraction of sp³-hybridized carbons (Fsp3) is 0.500. The minimum absolute atomic E-state index is 0.0708. The van der Waals surface area contributed by atoms with Gasteiger partial charge in [-0.05, 0) is 6.92 Å². The van der Waals surface area contributed by atoms with E-state index in [2.05, 4.69) is 20.8 Å². The zero-order valence-corrected chi connectivity index (χ0v) is 9.28. The maximum Gasteiger partial charge on any atom is 0.333 e. The third-order valence-electron chi connectivity index (χ3n) is 1.44. The number of carbonyl (C=O) groups is 3. The predicted octanol–water partition coefficient (Wildman–Crippen LogP) is 0.212. The Bertz CT molecular complexity index is 294. The summed E-state index contributed by atoms with van der Waals surface area (Å²) in [7, 11) is 1.17. The van der Waals surface area contributed by atoms with Crippen LogP contribution in [0.1, 0.15) is 13.3 Å². The minimum atomic E-state index is -0.724. The number of hydrogen-bond donors (Lipinski definition) is 0. The quantitative estimate of drug-likeness (QED) is 0.213. The number of rotatable bonds is 6. The van der Waals surface area contributed by atoms with Gasteiger partial charge >= 0.3 is 17.9 Å². The Balaban J connectivity index is 3.59. The molecule has 16 heavy (non-hydrogen) atoms. The lowest BCUT2D eigenvalue weighted by Crippen LogP contribution is -2.16. The third kappa shape index (κ3) is 6.58. The molecule has 0 aliphatic rings. The Kier molecular flexibility index (Phi) is 6.58. The van der Waals surface area contributed by atoms with Gasteiger partial charge in [0, 0.05) is 5.57 Å². The fourth-order valence-corrected chi connectivity index (χ4v) is 0.654. The molecule has 0 heterocycles. The van der Waals surface area contributed by atoms with E-state index in [-0.39, 0.29) is 18.8 Å². The van der Waals surface area contributed by atoms with Gasteiger partial charge in [0.1, 0.15) is 19.6 Å². The molecule has 0 aromatic heterocycles. The third-order valence-corrected chi connectivity index (χ3v) is 1.44. The number of carbonyl (C=O) groups excluding carboxylic acids is 3. The van der Waals surface area contributed by atoms with Crippen LogP contribution in [0.3, 0.4) is 0 Å². The van der Waals surface area contributed by atoms with E-state index >= 15 is 0 Å². The highest BCUT2D eigenvalue weighted by Crippen LogP contribution is 1.93. The Morgan fingerprint density at radius 2 is 1.62 bits per heavy atom. The molecule has 0 unspecified atom stereocenters. The van der Waals surface area contributed by atoms with Crippen LogP contribution < -0.4 is 0 Å². The summed E-state index contributed by atoms with van der Waals surface area (Å²) in [5.41, 5.74) is 0.265. The minimum Gasteiger partial charge on any atom is -0.469 e. The van der Waals surface area contributed by atoms with Gasteiger partial charge in [-0.1, -0.05) is 6.58 Å². The zero-order chi connectivity index (χ0) is 12.6. The first-order valence-electron chi connectivity index (χ1n) is 4.52. The Morgan fingerprint density at radius 3 is 2.12 bits per heavy atom. The highest BCUT2D eigenvalue weighted by molar-refractivity contribution is 5.91. The molecule has 0 aliphatic heterocycles. The molecule has 0 fully saturated rings. The largest absolute Gasteiger partial charge is 0.469 e. The van der Waals surface area contributed by atoms with Gasteiger partial charge < -0.3 is 14.2 Å². The lowest BCUT2D eigenvalue weighted by Gasteiger charge is -2.05. The van der Waals surface area contributed by atoms with E-state index in [9.17, 15) is 14.4 Å². The molecular weight excluding hydrogens is 216 g/mol. The highest BCUT2D eigenvalue weighted by Gasteiger charge is 2.10. The van der Waals surface area contributed by atoms with E-state index < -0.39 is 24.3 Å². The standard InChI is InChI=1S/C10H14O6/c1-7(2)10(13)16-5-4-15-9(12)6-8(11)14-3/h1,4-6H2,2-3H3. The summed E-state index contributed by atoms with van der Waals surface area (Å²) in [6.45, 7) is 4.71.